The Hall–Kier alpha value is -3.70. The molecule has 0 saturated carbocycles. The van der Waals surface area contributed by atoms with Gasteiger partial charge in [-0.1, -0.05) is 289 Å². The van der Waals surface area contributed by atoms with Gasteiger partial charge in [0.15, 0.2) is 6.10 Å². The van der Waals surface area contributed by atoms with Crippen LogP contribution in [0, 0.1) is 0 Å². The molecule has 5 heteroatoms. The number of ether oxygens (including phenoxy) is 2. The van der Waals surface area contributed by atoms with E-state index in [4.69, 9.17) is 9.47 Å². The maximum Gasteiger partial charge on any atom is 0.306 e. The first-order valence-electron chi connectivity index (χ1n) is 31.1. The van der Waals surface area contributed by atoms with E-state index in [1.807, 2.05) is 0 Å². The van der Waals surface area contributed by atoms with E-state index < -0.39 is 6.10 Å². The molecule has 0 aromatic carbocycles. The lowest BCUT2D eigenvalue weighted by atomic mass is 10.0. The third-order valence-corrected chi connectivity index (χ3v) is 13.3. The number of rotatable bonds is 56. The van der Waals surface area contributed by atoms with E-state index in [2.05, 4.69) is 135 Å². The second-order valence-corrected chi connectivity index (χ2v) is 20.4. The van der Waals surface area contributed by atoms with E-state index in [1.54, 1.807) is 0 Å². The molecule has 1 unspecified atom stereocenters. The van der Waals surface area contributed by atoms with Crippen LogP contribution in [0.3, 0.4) is 0 Å². The van der Waals surface area contributed by atoms with Crippen LogP contribution in [0.15, 0.2) is 122 Å². The van der Waals surface area contributed by atoms with Crippen LogP contribution in [0.2, 0.25) is 0 Å². The summed E-state index contributed by atoms with van der Waals surface area (Å²) in [5, 5.41) is 9.68. The van der Waals surface area contributed by atoms with Crippen molar-refractivity contribution in [2.45, 2.75) is 290 Å². The normalized spacial score (nSPS) is 13.1. The summed E-state index contributed by atoms with van der Waals surface area (Å²) in [6.07, 6.45) is 93.3. The molecule has 0 amide bonds. The maximum atomic E-state index is 12.3. The van der Waals surface area contributed by atoms with Crippen LogP contribution in [0.25, 0.3) is 0 Å². The molecule has 0 radical (unpaired) electrons. The lowest BCUT2D eigenvalue weighted by Crippen LogP contribution is -2.28. The third kappa shape index (κ3) is 60.9. The number of carbonyl (C=O) groups excluding carboxylic acids is 2. The predicted octanol–water partition coefficient (Wildman–Crippen LogP) is 21.4. The standard InChI is InChI=1S/C69H116O5/c1-3-5-7-9-11-13-15-17-19-21-23-25-27-28-29-30-31-32-33-34-35-36-37-38-39-40-42-44-46-48-50-52-54-56-58-60-62-64-69(72)74-67(65-70)66-73-68(71)63-61-59-57-55-53-51-49-47-45-43-41-26-24-22-20-18-16-14-12-10-8-6-4-2/h5-8,11-14,17-20,23-26,28-29,31-32,67,70H,3-4,9-10,15-16,21-22,27,30,33-66H2,1-2H3/b7-5-,8-6-,13-11-,14-12-,19-17-,20-18-,25-23-,26-24-,29-28-,32-31-. The van der Waals surface area contributed by atoms with E-state index in [9.17, 15) is 14.7 Å². The largest absolute Gasteiger partial charge is 0.462 e. The first-order valence-corrected chi connectivity index (χ1v) is 31.1. The predicted molar refractivity (Wildman–Crippen MR) is 325 cm³/mol. The Morgan fingerprint density at radius 3 is 0.811 bits per heavy atom. The highest BCUT2D eigenvalue weighted by molar-refractivity contribution is 5.70. The van der Waals surface area contributed by atoms with E-state index in [-0.39, 0.29) is 25.2 Å². The van der Waals surface area contributed by atoms with E-state index in [0.29, 0.717) is 12.8 Å². The number of hydrogen-bond acceptors (Lipinski definition) is 5. The van der Waals surface area contributed by atoms with Crippen LogP contribution >= 0.6 is 0 Å². The molecular weight excluding hydrogens is 909 g/mol. The second kappa shape index (κ2) is 63.6. The molecule has 0 aromatic rings. The number of carbonyl (C=O) groups is 2. The van der Waals surface area contributed by atoms with Crippen LogP contribution in [0.1, 0.15) is 284 Å². The average Bonchev–Trinajstić information content (AvgIpc) is 3.40. The molecule has 0 aliphatic heterocycles. The second-order valence-electron chi connectivity index (χ2n) is 20.4. The van der Waals surface area contributed by atoms with Gasteiger partial charge in [0, 0.05) is 12.8 Å². The van der Waals surface area contributed by atoms with Crippen molar-refractivity contribution in [3.8, 4) is 0 Å². The summed E-state index contributed by atoms with van der Waals surface area (Å²) in [4.78, 5) is 24.6. The molecular formula is C69H116O5. The van der Waals surface area contributed by atoms with Crippen LogP contribution in [0.5, 0.6) is 0 Å². The van der Waals surface area contributed by atoms with Gasteiger partial charge in [-0.05, 0) is 103 Å². The summed E-state index contributed by atoms with van der Waals surface area (Å²) in [6, 6.07) is 0. The van der Waals surface area contributed by atoms with Crippen molar-refractivity contribution in [3.05, 3.63) is 122 Å². The molecule has 74 heavy (non-hydrogen) atoms. The Morgan fingerprint density at radius 1 is 0.311 bits per heavy atom. The summed E-state index contributed by atoms with van der Waals surface area (Å²) in [5.41, 5.74) is 0. The molecule has 422 valence electrons. The quantitative estimate of drug-likeness (QED) is 0.0373. The molecule has 0 bridgehead atoms. The van der Waals surface area contributed by atoms with Crippen molar-refractivity contribution in [3.63, 3.8) is 0 Å². The number of allylic oxidation sites excluding steroid dienone is 20. The fraction of sp³-hybridized carbons (Fsp3) is 0.681. The Morgan fingerprint density at radius 2 is 0.541 bits per heavy atom. The average molecular weight is 1030 g/mol. The molecule has 0 aromatic heterocycles. The minimum atomic E-state index is -0.780. The summed E-state index contributed by atoms with van der Waals surface area (Å²) in [6.45, 7) is 3.93. The minimum absolute atomic E-state index is 0.0712. The lowest BCUT2D eigenvalue weighted by molar-refractivity contribution is -0.161. The zero-order valence-electron chi connectivity index (χ0n) is 48.3. The fourth-order valence-electron chi connectivity index (χ4n) is 8.67. The summed E-state index contributed by atoms with van der Waals surface area (Å²) in [5.74, 6) is -0.591. The highest BCUT2D eigenvalue weighted by Gasteiger charge is 2.16. The van der Waals surface area contributed by atoms with Crippen LogP contribution in [0.4, 0.5) is 0 Å². The van der Waals surface area contributed by atoms with Gasteiger partial charge < -0.3 is 14.6 Å². The van der Waals surface area contributed by atoms with E-state index in [0.717, 1.165) is 103 Å². The number of unbranched alkanes of at least 4 members (excludes halogenated alkanes) is 28. The van der Waals surface area contributed by atoms with E-state index in [1.165, 1.54) is 154 Å². The molecule has 0 aliphatic carbocycles. The van der Waals surface area contributed by atoms with Crippen molar-refractivity contribution >= 4 is 11.9 Å². The van der Waals surface area contributed by atoms with Crippen molar-refractivity contribution in [2.75, 3.05) is 13.2 Å². The minimum Gasteiger partial charge on any atom is -0.462 e. The molecule has 0 fully saturated rings. The van der Waals surface area contributed by atoms with Crippen LogP contribution < -0.4 is 0 Å². The van der Waals surface area contributed by atoms with Crippen molar-refractivity contribution < 1.29 is 24.2 Å². The third-order valence-electron chi connectivity index (χ3n) is 13.3. The van der Waals surface area contributed by atoms with Gasteiger partial charge in [-0.3, -0.25) is 9.59 Å². The van der Waals surface area contributed by atoms with Gasteiger partial charge in [-0.15, -0.1) is 0 Å². The van der Waals surface area contributed by atoms with Gasteiger partial charge in [-0.25, -0.2) is 0 Å². The molecule has 1 atom stereocenters. The Balaban J connectivity index is 3.48. The van der Waals surface area contributed by atoms with Crippen molar-refractivity contribution in [1.29, 1.82) is 0 Å². The van der Waals surface area contributed by atoms with Crippen LogP contribution in [-0.4, -0.2) is 36.4 Å². The van der Waals surface area contributed by atoms with Gasteiger partial charge >= 0.3 is 11.9 Å². The molecule has 0 spiro atoms. The fourth-order valence-corrected chi connectivity index (χ4v) is 8.67. The molecule has 0 aliphatic rings. The number of hydrogen-bond donors (Lipinski definition) is 1. The van der Waals surface area contributed by atoms with Gasteiger partial charge in [0.25, 0.3) is 0 Å². The SMILES string of the molecule is CC/C=C\C/C=C\C/C=C\C/C=C\C/C=C\C/C=C\CCCCCCCCCCCCCCCCCCCCC(=O)OC(CO)COC(=O)CCCCCCCCCCCC/C=C\C/C=C\C/C=C\C/C=C\CC. The maximum absolute atomic E-state index is 12.3. The Kier molecular flexibility index (Phi) is 60.4. The Bertz CT molecular complexity index is 1490. The van der Waals surface area contributed by atoms with Gasteiger partial charge in [0.1, 0.15) is 6.61 Å². The van der Waals surface area contributed by atoms with Gasteiger partial charge in [0.05, 0.1) is 6.61 Å². The highest BCUT2D eigenvalue weighted by atomic mass is 16.6. The molecule has 0 heterocycles. The first kappa shape index (κ1) is 70.3. The van der Waals surface area contributed by atoms with E-state index >= 15 is 0 Å². The topological polar surface area (TPSA) is 72.8 Å². The zero-order chi connectivity index (χ0) is 53.4. The Labute approximate surface area is 458 Å². The van der Waals surface area contributed by atoms with Crippen LogP contribution in [-0.2, 0) is 19.1 Å². The molecule has 0 saturated heterocycles. The van der Waals surface area contributed by atoms with Gasteiger partial charge in [0.2, 0.25) is 0 Å². The monoisotopic (exact) mass is 1020 g/mol. The lowest BCUT2D eigenvalue weighted by Gasteiger charge is -2.15. The zero-order valence-corrected chi connectivity index (χ0v) is 48.3. The summed E-state index contributed by atoms with van der Waals surface area (Å²) >= 11 is 0. The summed E-state index contributed by atoms with van der Waals surface area (Å²) < 4.78 is 10.7. The number of aliphatic hydroxyl groups is 1. The van der Waals surface area contributed by atoms with Crippen molar-refractivity contribution in [2.24, 2.45) is 0 Å². The molecule has 1 N–H and O–H groups in total. The van der Waals surface area contributed by atoms with Crippen molar-refractivity contribution in [1.82, 2.24) is 0 Å². The smallest absolute Gasteiger partial charge is 0.306 e. The first-order chi connectivity index (χ1) is 36.6. The molecule has 5 nitrogen and oxygen atoms in total. The van der Waals surface area contributed by atoms with Gasteiger partial charge in [-0.2, -0.15) is 0 Å². The summed E-state index contributed by atoms with van der Waals surface area (Å²) in [7, 11) is 0. The molecule has 0 rings (SSSR count). The number of aliphatic hydroxyl groups excluding tert-OH is 1. The highest BCUT2D eigenvalue weighted by Crippen LogP contribution is 2.17. The number of esters is 2.